The van der Waals surface area contributed by atoms with Crippen LogP contribution >= 0.6 is 0 Å². The van der Waals surface area contributed by atoms with E-state index in [4.69, 9.17) is 0 Å². The van der Waals surface area contributed by atoms with Gasteiger partial charge in [-0.2, -0.15) is 0 Å². The number of hydrogen-bond acceptors (Lipinski definition) is 1. The van der Waals surface area contributed by atoms with Gasteiger partial charge in [-0.25, -0.2) is 4.39 Å². The lowest BCUT2D eigenvalue weighted by molar-refractivity contribution is 0.214. The quantitative estimate of drug-likeness (QED) is 0.702. The summed E-state index contributed by atoms with van der Waals surface area (Å²) in [6.07, 6.45) is 9.46. The van der Waals surface area contributed by atoms with E-state index < -0.39 is 0 Å². The lowest BCUT2D eigenvalue weighted by atomic mass is 9.75. The van der Waals surface area contributed by atoms with Crippen molar-refractivity contribution in [2.75, 3.05) is 6.54 Å². The Morgan fingerprint density at radius 2 is 1.76 bits per heavy atom. The fraction of sp³-hybridized carbons (Fsp3) is 0.684. The molecule has 21 heavy (non-hydrogen) atoms. The zero-order valence-corrected chi connectivity index (χ0v) is 13.6. The molecule has 1 aromatic rings. The molecule has 1 N–H and O–H groups in total. The first-order valence-electron chi connectivity index (χ1n) is 8.73. The largest absolute Gasteiger partial charge is 0.310 e. The summed E-state index contributed by atoms with van der Waals surface area (Å²) in [7, 11) is 0. The molecule has 2 rings (SSSR count). The van der Waals surface area contributed by atoms with Crippen LogP contribution in [-0.4, -0.2) is 6.54 Å². The summed E-state index contributed by atoms with van der Waals surface area (Å²) >= 11 is 0. The van der Waals surface area contributed by atoms with Crippen molar-refractivity contribution >= 4 is 0 Å². The van der Waals surface area contributed by atoms with Gasteiger partial charge in [0.1, 0.15) is 5.82 Å². The first-order chi connectivity index (χ1) is 10.2. The Balaban J connectivity index is 1.95. The van der Waals surface area contributed by atoms with Crippen LogP contribution in [0.1, 0.15) is 70.4 Å². The van der Waals surface area contributed by atoms with E-state index in [1.165, 1.54) is 50.5 Å². The molecule has 0 aromatic heterocycles. The fourth-order valence-corrected chi connectivity index (χ4v) is 3.75. The topological polar surface area (TPSA) is 12.0 Å². The van der Waals surface area contributed by atoms with E-state index >= 15 is 0 Å². The molecule has 1 aliphatic carbocycles. The molecule has 1 atom stereocenters. The van der Waals surface area contributed by atoms with Gasteiger partial charge in [-0.05, 0) is 48.9 Å². The molecule has 1 nitrogen and oxygen atoms in total. The fourth-order valence-electron chi connectivity index (χ4n) is 3.75. The Hall–Kier alpha value is -0.890. The standard InChI is InChI=1S/C19H30FN/c1-3-5-6-15-7-9-16(10-8-15)19(21-4-2)17-11-13-18(20)14-12-17/h11-16,19,21H,3-10H2,1-2H3. The minimum absolute atomic E-state index is 0.141. The van der Waals surface area contributed by atoms with E-state index in [1.54, 1.807) is 12.1 Å². The first kappa shape index (κ1) is 16.5. The van der Waals surface area contributed by atoms with Crippen LogP contribution in [-0.2, 0) is 0 Å². The monoisotopic (exact) mass is 291 g/mol. The minimum atomic E-state index is -0.141. The maximum atomic E-state index is 13.1. The van der Waals surface area contributed by atoms with Gasteiger partial charge in [0, 0.05) is 6.04 Å². The molecule has 1 fully saturated rings. The van der Waals surface area contributed by atoms with Crippen molar-refractivity contribution in [2.24, 2.45) is 11.8 Å². The van der Waals surface area contributed by atoms with Gasteiger partial charge < -0.3 is 5.32 Å². The Morgan fingerprint density at radius 3 is 2.33 bits per heavy atom. The number of benzene rings is 1. The van der Waals surface area contributed by atoms with E-state index in [9.17, 15) is 4.39 Å². The van der Waals surface area contributed by atoms with Crippen LogP contribution in [0.3, 0.4) is 0 Å². The van der Waals surface area contributed by atoms with Crippen molar-refractivity contribution < 1.29 is 4.39 Å². The summed E-state index contributed by atoms with van der Waals surface area (Å²) in [5.74, 6) is 1.50. The van der Waals surface area contributed by atoms with Crippen LogP contribution in [0.15, 0.2) is 24.3 Å². The molecule has 0 heterocycles. The Labute approximate surface area is 129 Å². The summed E-state index contributed by atoms with van der Waals surface area (Å²) < 4.78 is 13.1. The predicted octanol–water partition coefficient (Wildman–Crippen LogP) is 5.47. The predicted molar refractivity (Wildman–Crippen MR) is 87.8 cm³/mol. The highest BCUT2D eigenvalue weighted by Gasteiger charge is 2.27. The molecular formula is C19H30FN. The van der Waals surface area contributed by atoms with Gasteiger partial charge in [0.2, 0.25) is 0 Å². The normalized spacial score (nSPS) is 24.0. The number of unbranched alkanes of at least 4 members (excludes halogenated alkanes) is 1. The van der Waals surface area contributed by atoms with Crippen LogP contribution in [0.25, 0.3) is 0 Å². The molecule has 0 radical (unpaired) electrons. The van der Waals surface area contributed by atoms with Gasteiger partial charge in [0.25, 0.3) is 0 Å². The lowest BCUT2D eigenvalue weighted by Crippen LogP contribution is -2.31. The van der Waals surface area contributed by atoms with E-state index in [2.05, 4.69) is 19.2 Å². The maximum absolute atomic E-state index is 13.1. The number of halogens is 1. The molecule has 118 valence electrons. The van der Waals surface area contributed by atoms with Crippen molar-refractivity contribution in [3.05, 3.63) is 35.6 Å². The summed E-state index contributed by atoms with van der Waals surface area (Å²) in [6, 6.07) is 7.47. The van der Waals surface area contributed by atoms with Gasteiger partial charge in [-0.3, -0.25) is 0 Å². The van der Waals surface area contributed by atoms with Gasteiger partial charge in [0.05, 0.1) is 0 Å². The minimum Gasteiger partial charge on any atom is -0.310 e. The van der Waals surface area contributed by atoms with Crippen LogP contribution in [0, 0.1) is 17.7 Å². The molecule has 0 bridgehead atoms. The van der Waals surface area contributed by atoms with Crippen molar-refractivity contribution in [1.82, 2.24) is 5.32 Å². The molecule has 1 saturated carbocycles. The molecule has 0 amide bonds. The van der Waals surface area contributed by atoms with E-state index in [0.29, 0.717) is 12.0 Å². The molecular weight excluding hydrogens is 261 g/mol. The zero-order chi connectivity index (χ0) is 15.1. The number of hydrogen-bond donors (Lipinski definition) is 1. The average Bonchev–Trinajstić information content (AvgIpc) is 2.52. The van der Waals surface area contributed by atoms with Crippen LogP contribution in [0.4, 0.5) is 4.39 Å². The Kier molecular flexibility index (Phi) is 6.69. The van der Waals surface area contributed by atoms with E-state index in [0.717, 1.165) is 12.5 Å². The first-order valence-corrected chi connectivity index (χ1v) is 8.73. The third-order valence-electron chi connectivity index (χ3n) is 4.98. The average molecular weight is 291 g/mol. The summed E-state index contributed by atoms with van der Waals surface area (Å²) in [4.78, 5) is 0. The summed E-state index contributed by atoms with van der Waals surface area (Å²) in [5.41, 5.74) is 1.25. The van der Waals surface area contributed by atoms with Crippen LogP contribution in [0.2, 0.25) is 0 Å². The second kappa shape index (κ2) is 8.53. The molecule has 1 unspecified atom stereocenters. The highest BCUT2D eigenvalue weighted by molar-refractivity contribution is 5.21. The van der Waals surface area contributed by atoms with Crippen molar-refractivity contribution in [1.29, 1.82) is 0 Å². The highest BCUT2D eigenvalue weighted by atomic mass is 19.1. The zero-order valence-electron chi connectivity index (χ0n) is 13.6. The van der Waals surface area contributed by atoms with Crippen LogP contribution in [0.5, 0.6) is 0 Å². The summed E-state index contributed by atoms with van der Waals surface area (Å²) in [5, 5.41) is 3.62. The molecule has 0 spiro atoms. The van der Waals surface area contributed by atoms with Gasteiger partial charge in [-0.15, -0.1) is 0 Å². The second-order valence-electron chi connectivity index (χ2n) is 6.51. The maximum Gasteiger partial charge on any atom is 0.123 e. The van der Waals surface area contributed by atoms with Crippen LogP contribution < -0.4 is 5.32 Å². The number of rotatable bonds is 7. The summed E-state index contributed by atoms with van der Waals surface area (Å²) in [6.45, 7) is 5.41. The van der Waals surface area contributed by atoms with Gasteiger partial charge in [-0.1, -0.05) is 58.1 Å². The van der Waals surface area contributed by atoms with E-state index in [-0.39, 0.29) is 5.82 Å². The molecule has 1 aromatic carbocycles. The lowest BCUT2D eigenvalue weighted by Gasteiger charge is -2.34. The van der Waals surface area contributed by atoms with Gasteiger partial charge >= 0.3 is 0 Å². The van der Waals surface area contributed by atoms with Crippen molar-refractivity contribution in [2.45, 2.75) is 64.8 Å². The molecule has 2 heteroatoms. The van der Waals surface area contributed by atoms with Gasteiger partial charge in [0.15, 0.2) is 0 Å². The SMILES string of the molecule is CCCCC1CCC(C(NCC)c2ccc(F)cc2)CC1. The Bertz CT molecular complexity index is 393. The Morgan fingerprint density at radius 1 is 1.10 bits per heavy atom. The number of nitrogens with one attached hydrogen (secondary N) is 1. The third kappa shape index (κ3) is 4.81. The van der Waals surface area contributed by atoms with Crippen molar-refractivity contribution in [3.8, 4) is 0 Å². The second-order valence-corrected chi connectivity index (χ2v) is 6.51. The van der Waals surface area contributed by atoms with Crippen molar-refractivity contribution in [3.63, 3.8) is 0 Å². The third-order valence-corrected chi connectivity index (χ3v) is 4.98. The highest BCUT2D eigenvalue weighted by Crippen LogP contribution is 2.38. The smallest absolute Gasteiger partial charge is 0.123 e. The van der Waals surface area contributed by atoms with E-state index in [1.807, 2.05) is 12.1 Å². The molecule has 1 aliphatic rings. The molecule has 0 aliphatic heterocycles. The molecule has 0 saturated heterocycles.